The number of amides is 1. The molecule has 1 amide bonds. The number of aromatic nitrogens is 5. The molecule has 3 aromatic heterocycles. The third-order valence-corrected chi connectivity index (χ3v) is 4.98. The highest BCUT2D eigenvalue weighted by Crippen LogP contribution is 2.40. The SMILES string of the molecule is CC1(C)C(=O)Nc2nc(-c3cn4ccnc4c(Oc4cc(F)cc(F)c4)n3)nc(N)c21. The molecule has 0 saturated carbocycles. The summed E-state index contributed by atoms with van der Waals surface area (Å²) in [5, 5.41) is 2.71. The van der Waals surface area contributed by atoms with E-state index in [4.69, 9.17) is 10.5 Å². The van der Waals surface area contributed by atoms with Crippen molar-refractivity contribution in [1.29, 1.82) is 0 Å². The number of carbonyl (C=O) groups excluding carboxylic acids is 1. The van der Waals surface area contributed by atoms with E-state index in [1.807, 2.05) is 0 Å². The fraction of sp³-hybridized carbons (Fsp3) is 0.150. The summed E-state index contributed by atoms with van der Waals surface area (Å²) >= 11 is 0. The lowest BCUT2D eigenvalue weighted by molar-refractivity contribution is -0.119. The van der Waals surface area contributed by atoms with Crippen LogP contribution in [0.3, 0.4) is 0 Å². The van der Waals surface area contributed by atoms with Gasteiger partial charge in [-0.2, -0.15) is 0 Å². The smallest absolute Gasteiger partial charge is 0.264 e. The molecule has 9 nitrogen and oxygen atoms in total. The molecule has 4 heterocycles. The molecular formula is C20H15F2N7O2. The molecule has 0 aliphatic carbocycles. The summed E-state index contributed by atoms with van der Waals surface area (Å²) in [6, 6.07) is 2.79. The highest BCUT2D eigenvalue weighted by atomic mass is 19.1. The first-order valence-electron chi connectivity index (χ1n) is 9.20. The molecule has 1 aromatic carbocycles. The van der Waals surface area contributed by atoms with E-state index in [-0.39, 0.29) is 34.9 Å². The molecule has 31 heavy (non-hydrogen) atoms. The molecule has 3 N–H and O–H groups in total. The molecule has 0 unspecified atom stereocenters. The average Bonchev–Trinajstić information content (AvgIpc) is 3.23. The first-order chi connectivity index (χ1) is 14.7. The summed E-state index contributed by atoms with van der Waals surface area (Å²) in [6.45, 7) is 3.46. The second-order valence-electron chi connectivity index (χ2n) is 7.53. The number of imidazole rings is 1. The number of nitrogens with zero attached hydrogens (tertiary/aromatic N) is 5. The molecule has 1 aliphatic heterocycles. The van der Waals surface area contributed by atoms with Crippen molar-refractivity contribution in [3.63, 3.8) is 0 Å². The predicted molar refractivity (Wildman–Crippen MR) is 107 cm³/mol. The minimum absolute atomic E-state index is 0.0143. The van der Waals surface area contributed by atoms with E-state index in [1.165, 1.54) is 6.20 Å². The number of benzene rings is 1. The van der Waals surface area contributed by atoms with Gasteiger partial charge >= 0.3 is 0 Å². The van der Waals surface area contributed by atoms with Gasteiger partial charge in [-0.15, -0.1) is 0 Å². The normalized spacial score (nSPS) is 14.5. The average molecular weight is 423 g/mol. The number of halogens is 2. The molecule has 0 fully saturated rings. The van der Waals surface area contributed by atoms with Gasteiger partial charge in [0.1, 0.15) is 34.7 Å². The minimum Gasteiger partial charge on any atom is -0.436 e. The van der Waals surface area contributed by atoms with Crippen molar-refractivity contribution in [2.24, 2.45) is 0 Å². The molecule has 4 aromatic rings. The number of carbonyl (C=O) groups is 1. The van der Waals surface area contributed by atoms with E-state index in [2.05, 4.69) is 25.3 Å². The first kappa shape index (κ1) is 18.9. The summed E-state index contributed by atoms with van der Waals surface area (Å²) in [5.74, 6) is -1.34. The van der Waals surface area contributed by atoms with Crippen LogP contribution in [0.25, 0.3) is 17.2 Å². The lowest BCUT2D eigenvalue weighted by Gasteiger charge is -2.16. The van der Waals surface area contributed by atoms with Crippen molar-refractivity contribution in [2.45, 2.75) is 19.3 Å². The first-order valence-corrected chi connectivity index (χ1v) is 9.20. The lowest BCUT2D eigenvalue weighted by Crippen LogP contribution is -2.27. The highest BCUT2D eigenvalue weighted by Gasteiger charge is 2.42. The van der Waals surface area contributed by atoms with Gasteiger partial charge in [0.15, 0.2) is 5.82 Å². The van der Waals surface area contributed by atoms with E-state index in [0.717, 1.165) is 18.2 Å². The predicted octanol–water partition coefficient (Wildman–Crippen LogP) is 3.07. The van der Waals surface area contributed by atoms with Crippen LogP contribution in [-0.4, -0.2) is 30.2 Å². The van der Waals surface area contributed by atoms with Gasteiger partial charge in [-0.05, 0) is 13.8 Å². The molecule has 0 bridgehead atoms. The number of fused-ring (bicyclic) bond motifs is 2. The van der Waals surface area contributed by atoms with Crippen LogP contribution in [0, 0.1) is 11.6 Å². The monoisotopic (exact) mass is 423 g/mol. The maximum Gasteiger partial charge on any atom is 0.264 e. The minimum atomic E-state index is -0.866. The summed E-state index contributed by atoms with van der Waals surface area (Å²) in [7, 11) is 0. The molecule has 1 aliphatic rings. The van der Waals surface area contributed by atoms with Crippen LogP contribution in [0.1, 0.15) is 19.4 Å². The molecule has 0 spiro atoms. The molecule has 0 saturated heterocycles. The second kappa shape index (κ2) is 6.42. The number of hydrogen-bond donors (Lipinski definition) is 2. The van der Waals surface area contributed by atoms with Crippen LogP contribution < -0.4 is 15.8 Å². The molecular weight excluding hydrogens is 408 g/mol. The second-order valence-corrected chi connectivity index (χ2v) is 7.53. The van der Waals surface area contributed by atoms with Gasteiger partial charge < -0.3 is 20.2 Å². The molecule has 0 radical (unpaired) electrons. The Morgan fingerprint density at radius 1 is 1.13 bits per heavy atom. The van der Waals surface area contributed by atoms with E-state index < -0.39 is 17.0 Å². The summed E-state index contributed by atoms with van der Waals surface area (Å²) < 4.78 is 34.3. The fourth-order valence-electron chi connectivity index (χ4n) is 3.45. The van der Waals surface area contributed by atoms with Gasteiger partial charge in [0, 0.05) is 36.8 Å². The lowest BCUT2D eigenvalue weighted by atomic mass is 9.87. The number of nitrogen functional groups attached to an aromatic ring is 1. The van der Waals surface area contributed by atoms with Gasteiger partial charge in [0.05, 0.1) is 11.0 Å². The maximum atomic E-state index is 13.6. The zero-order valence-corrected chi connectivity index (χ0v) is 16.3. The Morgan fingerprint density at radius 3 is 2.61 bits per heavy atom. The Labute approximate surface area is 173 Å². The number of rotatable bonds is 3. The molecule has 11 heteroatoms. The zero-order chi connectivity index (χ0) is 21.9. The Hall–Kier alpha value is -4.15. The Balaban J connectivity index is 1.63. The summed E-state index contributed by atoms with van der Waals surface area (Å²) in [5.41, 5.74) is 6.35. The van der Waals surface area contributed by atoms with Crippen LogP contribution in [0.2, 0.25) is 0 Å². The zero-order valence-electron chi connectivity index (χ0n) is 16.3. The number of nitrogens with one attached hydrogen (secondary N) is 1. The van der Waals surface area contributed by atoms with E-state index >= 15 is 0 Å². The fourth-order valence-corrected chi connectivity index (χ4v) is 3.45. The third kappa shape index (κ3) is 3.01. The number of anilines is 2. The number of nitrogens with two attached hydrogens (primary N) is 1. The number of ether oxygens (including phenoxy) is 1. The van der Waals surface area contributed by atoms with E-state index in [0.29, 0.717) is 17.0 Å². The van der Waals surface area contributed by atoms with Gasteiger partial charge in [-0.1, -0.05) is 0 Å². The topological polar surface area (TPSA) is 120 Å². The van der Waals surface area contributed by atoms with Crippen LogP contribution in [-0.2, 0) is 10.2 Å². The van der Waals surface area contributed by atoms with Gasteiger partial charge in [-0.3, -0.25) is 4.79 Å². The standard InChI is InChI=1S/C20H15F2N7O2/c1-20(2)13-14(23)26-15(27-16(13)28-19(20)30)12-8-29-4-3-24-17(29)18(25-12)31-11-6-9(21)5-10(22)7-11/h3-8H,1-2H3,(H3,23,26,27,28,30). The largest absolute Gasteiger partial charge is 0.436 e. The van der Waals surface area contributed by atoms with Crippen molar-refractivity contribution >= 4 is 23.2 Å². The summed E-state index contributed by atoms with van der Waals surface area (Å²) in [6.07, 6.45) is 4.76. The third-order valence-electron chi connectivity index (χ3n) is 4.98. The molecule has 5 rings (SSSR count). The maximum absolute atomic E-state index is 13.6. The highest BCUT2D eigenvalue weighted by molar-refractivity contribution is 6.06. The quantitative estimate of drug-likeness (QED) is 0.520. The van der Waals surface area contributed by atoms with Crippen LogP contribution in [0.5, 0.6) is 11.6 Å². The Morgan fingerprint density at radius 2 is 1.87 bits per heavy atom. The van der Waals surface area contributed by atoms with Crippen molar-refractivity contribution in [3.05, 3.63) is 54.0 Å². The van der Waals surface area contributed by atoms with Gasteiger partial charge in [-0.25, -0.2) is 28.7 Å². The van der Waals surface area contributed by atoms with Crippen molar-refractivity contribution in [2.75, 3.05) is 11.1 Å². The van der Waals surface area contributed by atoms with Gasteiger partial charge in [0.25, 0.3) is 5.88 Å². The number of hydrogen-bond acceptors (Lipinski definition) is 7. The van der Waals surface area contributed by atoms with Crippen LogP contribution in [0.4, 0.5) is 20.4 Å². The Bertz CT molecular complexity index is 1360. The van der Waals surface area contributed by atoms with E-state index in [9.17, 15) is 13.6 Å². The van der Waals surface area contributed by atoms with Crippen molar-refractivity contribution < 1.29 is 18.3 Å². The Kier molecular flexibility index (Phi) is 3.91. The van der Waals surface area contributed by atoms with Crippen molar-refractivity contribution in [3.8, 4) is 23.1 Å². The van der Waals surface area contributed by atoms with Gasteiger partial charge in [0.2, 0.25) is 11.6 Å². The summed E-state index contributed by atoms with van der Waals surface area (Å²) in [4.78, 5) is 29.5. The van der Waals surface area contributed by atoms with Crippen LogP contribution >= 0.6 is 0 Å². The van der Waals surface area contributed by atoms with Crippen LogP contribution in [0.15, 0.2) is 36.8 Å². The molecule has 156 valence electrons. The van der Waals surface area contributed by atoms with Crippen molar-refractivity contribution in [1.82, 2.24) is 24.3 Å². The van der Waals surface area contributed by atoms with E-state index in [1.54, 1.807) is 30.6 Å². The molecule has 0 atom stereocenters.